The lowest BCUT2D eigenvalue weighted by atomic mass is 10.1. The average molecular weight is 186 g/mol. The van der Waals surface area contributed by atoms with E-state index < -0.39 is 6.10 Å². The molecule has 4 heteroatoms. The quantitative estimate of drug-likeness (QED) is 0.599. The van der Waals surface area contributed by atoms with Crippen LogP contribution in [0.1, 0.15) is 19.8 Å². The molecule has 0 heterocycles. The third kappa shape index (κ3) is 6.52. The lowest BCUT2D eigenvalue weighted by molar-refractivity contribution is 0.0627. The molecule has 76 valence electrons. The summed E-state index contributed by atoms with van der Waals surface area (Å²) in [7, 11) is 1.55. The second-order valence-corrected chi connectivity index (χ2v) is 2.98. The molecule has 0 aliphatic rings. The largest absolute Gasteiger partial charge is 0.389 e. The molecule has 0 spiro atoms. The van der Waals surface area contributed by atoms with Crippen LogP contribution in [0.4, 0.5) is 0 Å². The third-order valence-electron chi connectivity index (χ3n) is 1.83. The van der Waals surface area contributed by atoms with Crippen molar-refractivity contribution in [2.45, 2.75) is 31.9 Å². The van der Waals surface area contributed by atoms with Crippen molar-refractivity contribution in [3.63, 3.8) is 0 Å². The third-order valence-corrected chi connectivity index (χ3v) is 1.83. The minimum atomic E-state index is -0.488. The van der Waals surface area contributed by atoms with Gasteiger partial charge in [-0.2, -0.15) is 5.26 Å². The van der Waals surface area contributed by atoms with Crippen molar-refractivity contribution in [1.29, 1.82) is 5.26 Å². The summed E-state index contributed by atoms with van der Waals surface area (Å²) in [5.74, 6) is 0. The first-order chi connectivity index (χ1) is 6.24. The molecule has 2 atom stereocenters. The summed E-state index contributed by atoms with van der Waals surface area (Å²) in [6.45, 7) is 2.82. The van der Waals surface area contributed by atoms with E-state index in [1.807, 2.05) is 6.92 Å². The molecular formula is C9H18N2O2. The zero-order valence-electron chi connectivity index (χ0n) is 8.29. The Labute approximate surface area is 79.5 Å². The molecule has 2 unspecified atom stereocenters. The summed E-state index contributed by atoms with van der Waals surface area (Å²) in [6.07, 6.45) is 0.890. The van der Waals surface area contributed by atoms with Crippen molar-refractivity contribution < 1.29 is 9.84 Å². The first-order valence-electron chi connectivity index (χ1n) is 4.51. The molecule has 0 fully saturated rings. The number of nitriles is 1. The zero-order valence-corrected chi connectivity index (χ0v) is 8.29. The predicted octanol–water partition coefficient (Wildman–Crippen LogP) is 0.276. The van der Waals surface area contributed by atoms with Gasteiger partial charge in [0.15, 0.2) is 0 Å². The van der Waals surface area contributed by atoms with Crippen molar-refractivity contribution in [2.24, 2.45) is 0 Å². The maximum absolute atomic E-state index is 9.29. The number of aliphatic hydroxyl groups is 1. The van der Waals surface area contributed by atoms with Gasteiger partial charge in [-0.3, -0.25) is 0 Å². The van der Waals surface area contributed by atoms with Crippen molar-refractivity contribution in [3.8, 4) is 6.07 Å². The van der Waals surface area contributed by atoms with Crippen LogP contribution in [0, 0.1) is 11.3 Å². The van der Waals surface area contributed by atoms with E-state index >= 15 is 0 Å². The van der Waals surface area contributed by atoms with Crippen LogP contribution in [0.3, 0.4) is 0 Å². The molecule has 0 aliphatic carbocycles. The molecule has 0 rings (SSSR count). The van der Waals surface area contributed by atoms with E-state index in [4.69, 9.17) is 10.00 Å². The summed E-state index contributed by atoms with van der Waals surface area (Å²) < 4.78 is 4.77. The summed E-state index contributed by atoms with van der Waals surface area (Å²) in [6, 6.07) is 2.28. The Kier molecular flexibility index (Phi) is 7.60. The molecule has 0 radical (unpaired) electrons. The molecule has 0 aromatic carbocycles. The number of rotatable bonds is 7. The fraction of sp³-hybridized carbons (Fsp3) is 0.889. The van der Waals surface area contributed by atoms with E-state index in [0.717, 1.165) is 6.42 Å². The highest BCUT2D eigenvalue weighted by Gasteiger charge is 2.08. The van der Waals surface area contributed by atoms with Gasteiger partial charge in [-0.25, -0.2) is 0 Å². The number of hydrogen-bond donors (Lipinski definition) is 2. The Balaban J connectivity index is 3.53. The minimum Gasteiger partial charge on any atom is -0.389 e. The molecule has 0 aliphatic heterocycles. The highest BCUT2D eigenvalue weighted by molar-refractivity contribution is 4.80. The van der Waals surface area contributed by atoms with Gasteiger partial charge in [0.05, 0.1) is 25.2 Å². The van der Waals surface area contributed by atoms with Crippen LogP contribution in [0.25, 0.3) is 0 Å². The molecule has 0 saturated heterocycles. The van der Waals surface area contributed by atoms with Gasteiger partial charge < -0.3 is 15.2 Å². The van der Waals surface area contributed by atoms with Crippen molar-refractivity contribution >= 4 is 0 Å². The number of hydrogen-bond acceptors (Lipinski definition) is 4. The summed E-state index contributed by atoms with van der Waals surface area (Å²) in [4.78, 5) is 0. The van der Waals surface area contributed by atoms with Crippen LogP contribution < -0.4 is 5.32 Å². The molecule has 13 heavy (non-hydrogen) atoms. The molecule has 0 aromatic rings. The van der Waals surface area contributed by atoms with Gasteiger partial charge in [-0.05, 0) is 6.42 Å². The highest BCUT2D eigenvalue weighted by Crippen LogP contribution is 1.96. The van der Waals surface area contributed by atoms with Gasteiger partial charge in [0.25, 0.3) is 0 Å². The van der Waals surface area contributed by atoms with Crippen molar-refractivity contribution in [2.75, 3.05) is 20.3 Å². The van der Waals surface area contributed by atoms with E-state index in [9.17, 15) is 5.11 Å². The van der Waals surface area contributed by atoms with Crippen molar-refractivity contribution in [1.82, 2.24) is 5.32 Å². The van der Waals surface area contributed by atoms with E-state index in [-0.39, 0.29) is 6.04 Å². The number of nitrogens with zero attached hydrogens (tertiary/aromatic N) is 1. The van der Waals surface area contributed by atoms with Gasteiger partial charge in [-0.15, -0.1) is 0 Å². The SMILES string of the molecule is CCC(CC#N)NCC(O)COC. The predicted molar refractivity (Wildman–Crippen MR) is 50.2 cm³/mol. The lowest BCUT2D eigenvalue weighted by Gasteiger charge is -2.16. The maximum Gasteiger partial charge on any atom is 0.0897 e. The standard InChI is InChI=1S/C9H18N2O2/c1-3-8(4-5-10)11-6-9(12)7-13-2/h8-9,11-12H,3-4,6-7H2,1-2H3. The molecule has 0 bridgehead atoms. The number of ether oxygens (including phenoxy) is 1. The summed E-state index contributed by atoms with van der Waals surface area (Å²) in [5, 5.41) is 20.9. The minimum absolute atomic E-state index is 0.177. The fourth-order valence-corrected chi connectivity index (χ4v) is 1.03. The fourth-order valence-electron chi connectivity index (χ4n) is 1.03. The smallest absolute Gasteiger partial charge is 0.0897 e. The van der Waals surface area contributed by atoms with Gasteiger partial charge in [0.1, 0.15) is 0 Å². The van der Waals surface area contributed by atoms with Crippen LogP contribution in [0.2, 0.25) is 0 Å². The van der Waals surface area contributed by atoms with Gasteiger partial charge >= 0.3 is 0 Å². The molecular weight excluding hydrogens is 168 g/mol. The first kappa shape index (κ1) is 12.4. The Hall–Kier alpha value is -0.630. The summed E-state index contributed by atoms with van der Waals surface area (Å²) >= 11 is 0. The van der Waals surface area contributed by atoms with E-state index in [1.54, 1.807) is 7.11 Å². The average Bonchev–Trinajstić information content (AvgIpc) is 2.12. The topological polar surface area (TPSA) is 65.3 Å². The molecule has 0 amide bonds. The number of methoxy groups -OCH3 is 1. The van der Waals surface area contributed by atoms with Crippen LogP contribution in [-0.2, 0) is 4.74 Å². The molecule has 0 saturated carbocycles. The molecule has 2 N–H and O–H groups in total. The summed E-state index contributed by atoms with van der Waals surface area (Å²) in [5.41, 5.74) is 0. The van der Waals surface area contributed by atoms with E-state index in [0.29, 0.717) is 19.6 Å². The van der Waals surface area contributed by atoms with Crippen LogP contribution in [0.15, 0.2) is 0 Å². The second kappa shape index (κ2) is 7.99. The highest BCUT2D eigenvalue weighted by atomic mass is 16.5. The zero-order chi connectivity index (χ0) is 10.1. The van der Waals surface area contributed by atoms with E-state index in [1.165, 1.54) is 0 Å². The maximum atomic E-state index is 9.29. The van der Waals surface area contributed by atoms with Crippen LogP contribution in [-0.4, -0.2) is 37.5 Å². The Morgan fingerprint density at radius 1 is 1.62 bits per heavy atom. The van der Waals surface area contributed by atoms with Crippen LogP contribution in [0.5, 0.6) is 0 Å². The lowest BCUT2D eigenvalue weighted by Crippen LogP contribution is -2.36. The van der Waals surface area contributed by atoms with Crippen molar-refractivity contribution in [3.05, 3.63) is 0 Å². The van der Waals surface area contributed by atoms with Gasteiger partial charge in [0, 0.05) is 19.7 Å². The second-order valence-electron chi connectivity index (χ2n) is 2.98. The normalized spacial score (nSPS) is 14.9. The molecule has 0 aromatic heterocycles. The Bertz CT molecular complexity index is 156. The Morgan fingerprint density at radius 3 is 2.77 bits per heavy atom. The van der Waals surface area contributed by atoms with Crippen LogP contribution >= 0.6 is 0 Å². The Morgan fingerprint density at radius 2 is 2.31 bits per heavy atom. The van der Waals surface area contributed by atoms with Gasteiger partial charge in [0.2, 0.25) is 0 Å². The van der Waals surface area contributed by atoms with Gasteiger partial charge in [-0.1, -0.05) is 6.92 Å². The monoisotopic (exact) mass is 186 g/mol. The van der Waals surface area contributed by atoms with E-state index in [2.05, 4.69) is 11.4 Å². The number of aliphatic hydroxyl groups excluding tert-OH is 1. The number of nitrogens with one attached hydrogen (secondary N) is 1. The molecule has 4 nitrogen and oxygen atoms in total. The first-order valence-corrected chi connectivity index (χ1v) is 4.51.